The lowest BCUT2D eigenvalue weighted by atomic mass is 11.0. The predicted molar refractivity (Wildman–Crippen MR) is 57.2 cm³/mol. The van der Waals surface area contributed by atoms with Crippen LogP contribution < -0.4 is 0 Å². The minimum atomic E-state index is 0.224. The van der Waals surface area contributed by atoms with Crippen LogP contribution in [0.2, 0.25) is 0 Å². The van der Waals surface area contributed by atoms with Crippen LogP contribution in [-0.2, 0) is 0 Å². The number of hydrogen-bond donors (Lipinski definition) is 1. The Labute approximate surface area is 68.3 Å². The second kappa shape index (κ2) is 3.34. The maximum Gasteiger partial charge on any atom is 0.0430 e. The maximum absolute atomic E-state index is 4.25. The quantitative estimate of drug-likeness (QED) is 0.509. The van der Waals surface area contributed by atoms with Crippen LogP contribution in [0, 0.1) is 0 Å². The second-order valence-electron chi connectivity index (χ2n) is 0.919. The van der Waals surface area contributed by atoms with Crippen molar-refractivity contribution in [3.8, 4) is 0 Å². The third kappa shape index (κ3) is 2.36. The standard InChI is InChI=1S/C4H4I2S/c7-4-3-5-1-2-6-4/h1-3,7H. The average molecular weight is 338 g/mol. The molecule has 40 valence electrons. The zero-order chi connectivity index (χ0) is 5.11. The van der Waals surface area contributed by atoms with E-state index in [1.54, 1.807) is 0 Å². The van der Waals surface area contributed by atoms with Gasteiger partial charge in [0, 0.05) is 2.84 Å². The molecule has 1 heterocycles. The van der Waals surface area contributed by atoms with Crippen molar-refractivity contribution in [1.82, 2.24) is 0 Å². The van der Waals surface area contributed by atoms with Gasteiger partial charge in [-0.2, -0.15) is 0 Å². The molecule has 0 aromatic carbocycles. The summed E-state index contributed by atoms with van der Waals surface area (Å²) in [4.78, 5) is 0. The maximum atomic E-state index is 4.25. The molecule has 1 aliphatic rings. The Hall–Kier alpha value is 1.29. The molecule has 0 saturated carbocycles. The predicted octanol–water partition coefficient (Wildman–Crippen LogP) is 2.27. The Morgan fingerprint density at radius 2 is 2.29 bits per heavy atom. The van der Waals surface area contributed by atoms with Crippen LogP contribution >= 0.6 is 54.1 Å². The van der Waals surface area contributed by atoms with Crippen molar-refractivity contribution >= 4 is 60.9 Å². The largest absolute Gasteiger partial charge is 0.137 e. The minimum Gasteiger partial charge on any atom is -0.137 e. The highest BCUT2D eigenvalue weighted by atomic mass is 127. The summed E-state index contributed by atoms with van der Waals surface area (Å²) in [6.45, 7) is 0. The van der Waals surface area contributed by atoms with Crippen molar-refractivity contribution in [2.24, 2.45) is 0 Å². The Morgan fingerprint density at radius 1 is 1.43 bits per heavy atom. The highest BCUT2D eigenvalue weighted by Gasteiger charge is 1.81. The number of hydrogen-bond acceptors (Lipinski definition) is 1. The average Bonchev–Trinajstić information content (AvgIpc) is 1.69. The molecule has 7 heavy (non-hydrogen) atoms. The highest BCUT2D eigenvalue weighted by Crippen LogP contribution is 2.15. The Bertz CT molecular complexity index is 146. The van der Waals surface area contributed by atoms with Crippen LogP contribution in [0.5, 0.6) is 0 Å². The van der Waals surface area contributed by atoms with E-state index in [0.29, 0.717) is 0 Å². The van der Waals surface area contributed by atoms with Gasteiger partial charge in [0.2, 0.25) is 0 Å². The first-order valence-corrected chi connectivity index (χ1v) is 6.95. The van der Waals surface area contributed by atoms with E-state index in [2.05, 4.69) is 24.8 Å². The van der Waals surface area contributed by atoms with Crippen LogP contribution in [0.1, 0.15) is 0 Å². The smallest absolute Gasteiger partial charge is 0.0430 e. The molecular formula is C4H4I2S. The molecule has 1 rings (SSSR count). The van der Waals surface area contributed by atoms with E-state index in [1.807, 2.05) is 0 Å². The van der Waals surface area contributed by atoms with Gasteiger partial charge in [0.25, 0.3) is 0 Å². The van der Waals surface area contributed by atoms with Crippen LogP contribution in [0.25, 0.3) is 0 Å². The molecule has 3 heteroatoms. The van der Waals surface area contributed by atoms with Crippen molar-refractivity contribution in [3.05, 3.63) is 8.17 Å². The van der Waals surface area contributed by atoms with Gasteiger partial charge in [0.1, 0.15) is 0 Å². The van der Waals surface area contributed by atoms with E-state index in [-0.39, 0.29) is 41.5 Å². The molecule has 0 aromatic heterocycles. The van der Waals surface area contributed by atoms with Crippen LogP contribution in [0.3, 0.4) is 0 Å². The monoisotopic (exact) mass is 338 g/mol. The third-order valence-electron chi connectivity index (χ3n) is 0.448. The van der Waals surface area contributed by atoms with E-state index in [1.165, 1.54) is 2.84 Å². The molecule has 0 aliphatic carbocycles. The lowest BCUT2D eigenvalue weighted by Crippen LogP contribution is -1.78. The molecule has 0 fully saturated rings. The Balaban J connectivity index is 2.82. The summed E-state index contributed by atoms with van der Waals surface area (Å²) in [5.41, 5.74) is 0. The fraction of sp³-hybridized carbons (Fsp3) is 0. The summed E-state index contributed by atoms with van der Waals surface area (Å²) in [5, 5.41) is 0. The second-order valence-corrected chi connectivity index (χ2v) is 6.82. The topological polar surface area (TPSA) is 0 Å². The van der Waals surface area contributed by atoms with Gasteiger partial charge in [-0.3, -0.25) is 0 Å². The van der Waals surface area contributed by atoms with Gasteiger partial charge in [-0.15, -0.1) is 12.6 Å². The van der Waals surface area contributed by atoms with E-state index in [4.69, 9.17) is 0 Å². The number of thiol groups is 1. The SMILES string of the molecule is SC1=IC=CI=C1. The Kier molecular flexibility index (Phi) is 3.06. The Morgan fingerprint density at radius 3 is 2.57 bits per heavy atom. The van der Waals surface area contributed by atoms with Gasteiger partial charge in [-0.05, 0) is 12.2 Å². The molecule has 0 bridgehead atoms. The van der Waals surface area contributed by atoms with Crippen LogP contribution in [0.15, 0.2) is 8.17 Å². The van der Waals surface area contributed by atoms with Crippen molar-refractivity contribution in [3.63, 3.8) is 0 Å². The molecule has 0 aromatic rings. The van der Waals surface area contributed by atoms with E-state index in [9.17, 15) is 0 Å². The molecule has 0 radical (unpaired) electrons. The van der Waals surface area contributed by atoms with Crippen LogP contribution in [0.4, 0.5) is 0 Å². The van der Waals surface area contributed by atoms with Gasteiger partial charge < -0.3 is 0 Å². The zero-order valence-electron chi connectivity index (χ0n) is 3.44. The van der Waals surface area contributed by atoms with Crippen molar-refractivity contribution in [2.75, 3.05) is 0 Å². The molecule has 1 aliphatic heterocycles. The summed E-state index contributed by atoms with van der Waals surface area (Å²) < 4.78 is 8.25. The lowest BCUT2D eigenvalue weighted by molar-refractivity contribution is 2.71. The molecule has 0 spiro atoms. The summed E-state index contributed by atoms with van der Waals surface area (Å²) in [6.07, 6.45) is 0. The molecule has 0 atom stereocenters. The fourth-order valence-corrected chi connectivity index (χ4v) is 6.07. The molecule has 0 amide bonds. The summed E-state index contributed by atoms with van der Waals surface area (Å²) in [5.74, 6) is 0. The van der Waals surface area contributed by atoms with Crippen molar-refractivity contribution in [2.45, 2.75) is 0 Å². The first kappa shape index (κ1) is 6.41. The van der Waals surface area contributed by atoms with Gasteiger partial charge in [-0.25, -0.2) is 0 Å². The molecule has 0 N–H and O–H groups in total. The first-order chi connectivity index (χ1) is 3.39. The van der Waals surface area contributed by atoms with Gasteiger partial charge >= 0.3 is 0 Å². The highest BCUT2D eigenvalue weighted by molar-refractivity contribution is 14.2. The van der Waals surface area contributed by atoms with Gasteiger partial charge in [0.15, 0.2) is 0 Å². The van der Waals surface area contributed by atoms with Crippen molar-refractivity contribution in [1.29, 1.82) is 0 Å². The molecule has 0 saturated heterocycles. The third-order valence-corrected chi connectivity index (χ3v) is 7.72. The van der Waals surface area contributed by atoms with E-state index >= 15 is 0 Å². The van der Waals surface area contributed by atoms with Gasteiger partial charge in [-0.1, -0.05) is 41.5 Å². The molecule has 0 nitrogen and oxygen atoms in total. The van der Waals surface area contributed by atoms with Gasteiger partial charge in [0.05, 0.1) is 0 Å². The number of halogens is 2. The zero-order valence-corrected chi connectivity index (χ0v) is 8.64. The van der Waals surface area contributed by atoms with Crippen LogP contribution in [-0.4, -0.2) is 6.85 Å². The van der Waals surface area contributed by atoms with E-state index < -0.39 is 0 Å². The van der Waals surface area contributed by atoms with E-state index in [0.717, 1.165) is 0 Å². The normalized spacial score (nSPS) is 19.3. The summed E-state index contributed by atoms with van der Waals surface area (Å²) in [6, 6.07) is 0. The molecular weight excluding hydrogens is 334 g/mol. The first-order valence-electron chi connectivity index (χ1n) is 1.69. The molecule has 0 unspecified atom stereocenters. The summed E-state index contributed by atoms with van der Waals surface area (Å²) in [7, 11) is 0. The van der Waals surface area contributed by atoms with Crippen molar-refractivity contribution < 1.29 is 0 Å². The number of rotatable bonds is 0. The summed E-state index contributed by atoms with van der Waals surface area (Å²) >= 11 is 4.75. The minimum absolute atomic E-state index is 0.224. The lowest BCUT2D eigenvalue weighted by Gasteiger charge is -1.86. The fourth-order valence-electron chi connectivity index (χ4n) is 0.228.